The van der Waals surface area contributed by atoms with E-state index in [1.54, 1.807) is 0 Å². The van der Waals surface area contributed by atoms with Gasteiger partial charge in [-0.15, -0.1) is 0 Å². The van der Waals surface area contributed by atoms with E-state index in [4.69, 9.17) is 5.73 Å². The van der Waals surface area contributed by atoms with Crippen molar-refractivity contribution in [1.29, 1.82) is 0 Å². The molecular weight excluding hydrogens is 176 g/mol. The molecule has 1 rings (SSSR count). The van der Waals surface area contributed by atoms with E-state index in [0.717, 1.165) is 38.8 Å². The third-order valence-electron chi connectivity index (χ3n) is 4.00. The maximum absolute atomic E-state index is 10.6. The lowest BCUT2D eigenvalue weighted by Crippen LogP contribution is -2.63. The molecule has 0 aliphatic carbocycles. The van der Waals surface area contributed by atoms with E-state index in [1.165, 1.54) is 0 Å². The predicted octanol–water partition coefficient (Wildman–Crippen LogP) is 0.961. The molecular formula is C11H24N2O. The van der Waals surface area contributed by atoms with Crippen molar-refractivity contribution in [2.24, 2.45) is 5.73 Å². The van der Waals surface area contributed by atoms with Crippen molar-refractivity contribution in [3.63, 3.8) is 0 Å². The molecule has 84 valence electrons. The highest BCUT2D eigenvalue weighted by Crippen LogP contribution is 2.35. The van der Waals surface area contributed by atoms with Gasteiger partial charge in [-0.25, -0.2) is 0 Å². The third kappa shape index (κ3) is 1.95. The first-order chi connectivity index (χ1) is 6.47. The van der Waals surface area contributed by atoms with Crippen molar-refractivity contribution in [1.82, 2.24) is 4.90 Å². The molecule has 0 aromatic carbocycles. The largest absolute Gasteiger partial charge is 0.388 e. The molecule has 0 bridgehead atoms. The molecule has 0 unspecified atom stereocenters. The Labute approximate surface area is 87.3 Å². The fraction of sp³-hybridized carbons (Fsp3) is 1.00. The van der Waals surface area contributed by atoms with Gasteiger partial charge in [-0.2, -0.15) is 0 Å². The van der Waals surface area contributed by atoms with Gasteiger partial charge in [-0.3, -0.25) is 0 Å². The van der Waals surface area contributed by atoms with Gasteiger partial charge in [-0.1, -0.05) is 13.8 Å². The van der Waals surface area contributed by atoms with Crippen LogP contribution in [0, 0.1) is 0 Å². The van der Waals surface area contributed by atoms with E-state index in [0.29, 0.717) is 0 Å². The topological polar surface area (TPSA) is 49.5 Å². The monoisotopic (exact) mass is 200 g/mol. The zero-order chi connectivity index (χ0) is 10.8. The predicted molar refractivity (Wildman–Crippen MR) is 59.2 cm³/mol. The molecule has 1 heterocycles. The average molecular weight is 200 g/mol. The van der Waals surface area contributed by atoms with Gasteiger partial charge in [0.1, 0.15) is 0 Å². The summed E-state index contributed by atoms with van der Waals surface area (Å²) >= 11 is 0. The molecule has 1 aliphatic rings. The molecule has 0 aromatic heterocycles. The number of likely N-dealkylation sites (tertiary alicyclic amines) is 1. The van der Waals surface area contributed by atoms with Gasteiger partial charge in [0.2, 0.25) is 0 Å². The Balaban J connectivity index is 2.73. The third-order valence-corrected chi connectivity index (χ3v) is 4.00. The van der Waals surface area contributed by atoms with Crippen molar-refractivity contribution in [3.8, 4) is 0 Å². The van der Waals surface area contributed by atoms with Gasteiger partial charge in [-0.05, 0) is 32.7 Å². The zero-order valence-electron chi connectivity index (χ0n) is 9.71. The Hall–Kier alpha value is -0.120. The number of hydrogen-bond donors (Lipinski definition) is 2. The zero-order valence-corrected chi connectivity index (χ0v) is 9.71. The van der Waals surface area contributed by atoms with Crippen LogP contribution in [0.2, 0.25) is 0 Å². The molecule has 0 atom stereocenters. The molecule has 0 saturated carbocycles. The van der Waals surface area contributed by atoms with Crippen LogP contribution in [0.1, 0.15) is 39.5 Å². The van der Waals surface area contributed by atoms with Crippen LogP contribution in [-0.4, -0.2) is 41.3 Å². The highest BCUT2D eigenvalue weighted by Gasteiger charge is 2.46. The molecule has 3 heteroatoms. The highest BCUT2D eigenvalue weighted by atomic mass is 16.3. The van der Waals surface area contributed by atoms with Gasteiger partial charge >= 0.3 is 0 Å². The summed E-state index contributed by atoms with van der Waals surface area (Å²) in [7, 11) is 2.09. The van der Waals surface area contributed by atoms with Gasteiger partial charge in [0.05, 0.1) is 5.60 Å². The average Bonchev–Trinajstić information content (AvgIpc) is 2.21. The standard InChI is InChI=1S/C11H24N2O/c1-4-10(12,5-2)11(14)6-8-13(3)9-7-11/h14H,4-9,12H2,1-3H3. The molecule has 3 N–H and O–H groups in total. The van der Waals surface area contributed by atoms with E-state index in [2.05, 4.69) is 25.8 Å². The van der Waals surface area contributed by atoms with Crippen molar-refractivity contribution in [2.75, 3.05) is 20.1 Å². The van der Waals surface area contributed by atoms with Crippen LogP contribution in [0.4, 0.5) is 0 Å². The van der Waals surface area contributed by atoms with Crippen molar-refractivity contribution in [3.05, 3.63) is 0 Å². The van der Waals surface area contributed by atoms with Crippen LogP contribution >= 0.6 is 0 Å². The summed E-state index contributed by atoms with van der Waals surface area (Å²) in [5.41, 5.74) is 5.24. The number of aliphatic hydroxyl groups is 1. The van der Waals surface area contributed by atoms with E-state index in [1.807, 2.05) is 0 Å². The Morgan fingerprint density at radius 3 is 2.07 bits per heavy atom. The van der Waals surface area contributed by atoms with E-state index < -0.39 is 11.1 Å². The molecule has 14 heavy (non-hydrogen) atoms. The van der Waals surface area contributed by atoms with Crippen LogP contribution in [0.3, 0.4) is 0 Å². The molecule has 0 spiro atoms. The van der Waals surface area contributed by atoms with E-state index in [-0.39, 0.29) is 0 Å². The maximum atomic E-state index is 10.6. The summed E-state index contributed by atoms with van der Waals surface area (Å²) in [5, 5.41) is 10.6. The summed E-state index contributed by atoms with van der Waals surface area (Å²) < 4.78 is 0. The fourth-order valence-corrected chi connectivity index (χ4v) is 2.39. The van der Waals surface area contributed by atoms with Crippen LogP contribution in [-0.2, 0) is 0 Å². The minimum Gasteiger partial charge on any atom is -0.388 e. The molecule has 1 saturated heterocycles. The first-order valence-electron chi connectivity index (χ1n) is 5.67. The van der Waals surface area contributed by atoms with Gasteiger partial charge in [0, 0.05) is 18.6 Å². The van der Waals surface area contributed by atoms with Gasteiger partial charge in [0.15, 0.2) is 0 Å². The number of nitrogens with zero attached hydrogens (tertiary/aromatic N) is 1. The molecule has 1 aliphatic heterocycles. The SMILES string of the molecule is CCC(N)(CC)C1(O)CCN(C)CC1. The number of piperidine rings is 1. The number of nitrogens with two attached hydrogens (primary N) is 1. The highest BCUT2D eigenvalue weighted by molar-refractivity contribution is 5.04. The van der Waals surface area contributed by atoms with Crippen molar-refractivity contribution in [2.45, 2.75) is 50.7 Å². The lowest BCUT2D eigenvalue weighted by molar-refractivity contribution is -0.0800. The summed E-state index contributed by atoms with van der Waals surface area (Å²) in [6, 6.07) is 0. The summed E-state index contributed by atoms with van der Waals surface area (Å²) in [5.74, 6) is 0. The Morgan fingerprint density at radius 1 is 1.29 bits per heavy atom. The molecule has 0 amide bonds. The summed E-state index contributed by atoms with van der Waals surface area (Å²) in [4.78, 5) is 2.25. The Kier molecular flexibility index (Phi) is 3.56. The number of hydrogen-bond acceptors (Lipinski definition) is 3. The van der Waals surface area contributed by atoms with E-state index >= 15 is 0 Å². The molecule has 0 radical (unpaired) electrons. The number of rotatable bonds is 3. The normalized spacial score (nSPS) is 23.8. The van der Waals surface area contributed by atoms with Crippen molar-refractivity contribution < 1.29 is 5.11 Å². The maximum Gasteiger partial charge on any atom is 0.0850 e. The van der Waals surface area contributed by atoms with Gasteiger partial charge < -0.3 is 15.7 Å². The second kappa shape index (κ2) is 4.17. The second-order valence-corrected chi connectivity index (χ2v) is 4.70. The molecule has 0 aromatic rings. The van der Waals surface area contributed by atoms with Crippen LogP contribution in [0.15, 0.2) is 0 Å². The lowest BCUT2D eigenvalue weighted by atomic mass is 9.71. The second-order valence-electron chi connectivity index (χ2n) is 4.70. The van der Waals surface area contributed by atoms with Crippen LogP contribution in [0.25, 0.3) is 0 Å². The quantitative estimate of drug-likeness (QED) is 0.713. The fourth-order valence-electron chi connectivity index (χ4n) is 2.39. The summed E-state index contributed by atoms with van der Waals surface area (Å²) in [6.45, 7) is 6.05. The lowest BCUT2D eigenvalue weighted by Gasteiger charge is -2.48. The van der Waals surface area contributed by atoms with E-state index in [9.17, 15) is 5.11 Å². The first-order valence-corrected chi connectivity index (χ1v) is 5.67. The molecule has 3 nitrogen and oxygen atoms in total. The van der Waals surface area contributed by atoms with Gasteiger partial charge in [0.25, 0.3) is 0 Å². The van der Waals surface area contributed by atoms with Crippen LogP contribution < -0.4 is 5.73 Å². The van der Waals surface area contributed by atoms with Crippen molar-refractivity contribution >= 4 is 0 Å². The minimum absolute atomic E-state index is 0.395. The minimum atomic E-state index is -0.650. The Bertz CT molecular complexity index is 182. The molecule has 1 fully saturated rings. The van der Waals surface area contributed by atoms with Crippen LogP contribution in [0.5, 0.6) is 0 Å². The first kappa shape index (κ1) is 12.0. The smallest absolute Gasteiger partial charge is 0.0850 e. The summed E-state index contributed by atoms with van der Waals surface area (Å²) in [6.07, 6.45) is 3.32. The Morgan fingerprint density at radius 2 is 1.71 bits per heavy atom.